The molecule has 0 spiro atoms. The Hall–Kier alpha value is -2.35. The van der Waals surface area contributed by atoms with Crippen LogP contribution in [0.25, 0.3) is 11.6 Å². The molecule has 2 aliphatic carbocycles. The lowest BCUT2D eigenvalue weighted by molar-refractivity contribution is 0.0696. The van der Waals surface area contributed by atoms with Crippen molar-refractivity contribution in [3.63, 3.8) is 0 Å². The Labute approximate surface area is 174 Å². The van der Waals surface area contributed by atoms with E-state index in [4.69, 9.17) is 0 Å². The van der Waals surface area contributed by atoms with E-state index in [1.165, 1.54) is 51.8 Å². The molecule has 0 bridgehead atoms. The molecule has 2 aromatic rings. The molecule has 0 heterocycles. The van der Waals surface area contributed by atoms with Crippen LogP contribution >= 0.6 is 0 Å². The number of carbonyl (C=O) groups is 1. The average molecular weight is 389 g/mol. The molecule has 0 aliphatic heterocycles. The Morgan fingerprint density at radius 1 is 0.966 bits per heavy atom. The van der Waals surface area contributed by atoms with Crippen LogP contribution < -0.4 is 0 Å². The van der Waals surface area contributed by atoms with Crippen LogP contribution in [0.1, 0.15) is 97.1 Å². The number of aromatic carboxylic acids is 1. The number of hydrogen-bond donors (Lipinski definition) is 1. The zero-order chi connectivity index (χ0) is 21.0. The fourth-order valence-corrected chi connectivity index (χ4v) is 5.08. The van der Waals surface area contributed by atoms with E-state index in [0.717, 1.165) is 19.3 Å². The first-order valence-corrected chi connectivity index (χ1v) is 10.8. The molecule has 152 valence electrons. The van der Waals surface area contributed by atoms with Gasteiger partial charge in [0.05, 0.1) is 5.56 Å². The molecule has 1 N–H and O–H groups in total. The maximum absolute atomic E-state index is 11.3. The third-order valence-corrected chi connectivity index (χ3v) is 7.16. The summed E-state index contributed by atoms with van der Waals surface area (Å²) in [4.78, 5) is 11.3. The minimum atomic E-state index is -0.848. The van der Waals surface area contributed by atoms with Crippen LogP contribution in [0.15, 0.2) is 30.3 Å². The third-order valence-electron chi connectivity index (χ3n) is 7.16. The molecule has 0 unspecified atom stereocenters. The molecule has 0 aromatic heterocycles. The molecule has 2 aliphatic rings. The number of carboxylic acid groups (broad SMARTS) is 1. The van der Waals surface area contributed by atoms with Crippen molar-refractivity contribution in [2.75, 3.05) is 0 Å². The molecule has 2 aromatic carbocycles. The highest BCUT2D eigenvalue weighted by Crippen LogP contribution is 2.47. The highest BCUT2D eigenvalue weighted by molar-refractivity contribution is 5.90. The van der Waals surface area contributed by atoms with Gasteiger partial charge in [0.1, 0.15) is 0 Å². The first-order chi connectivity index (χ1) is 13.6. The number of benzene rings is 2. The summed E-state index contributed by atoms with van der Waals surface area (Å²) in [7, 11) is 0. The minimum Gasteiger partial charge on any atom is -0.478 e. The first kappa shape index (κ1) is 19.9. The second-order valence-corrected chi connectivity index (χ2v) is 10.2. The van der Waals surface area contributed by atoms with Gasteiger partial charge in [-0.05, 0) is 101 Å². The van der Waals surface area contributed by atoms with Crippen molar-refractivity contribution in [3.05, 3.63) is 69.3 Å². The summed E-state index contributed by atoms with van der Waals surface area (Å²) < 4.78 is 0. The lowest BCUT2D eigenvalue weighted by Gasteiger charge is -2.42. The fourth-order valence-electron chi connectivity index (χ4n) is 5.08. The Morgan fingerprint density at radius 2 is 1.62 bits per heavy atom. The third kappa shape index (κ3) is 3.54. The van der Waals surface area contributed by atoms with E-state index in [0.29, 0.717) is 5.56 Å². The van der Waals surface area contributed by atoms with Crippen LogP contribution in [0.3, 0.4) is 0 Å². The topological polar surface area (TPSA) is 37.3 Å². The summed E-state index contributed by atoms with van der Waals surface area (Å²) in [6.07, 6.45) is 7.87. The number of hydrogen-bond acceptors (Lipinski definition) is 1. The Bertz CT molecular complexity index is 1020. The second kappa shape index (κ2) is 6.86. The first-order valence-electron chi connectivity index (χ1n) is 10.8. The summed E-state index contributed by atoms with van der Waals surface area (Å²) in [5.41, 5.74) is 10.2. The van der Waals surface area contributed by atoms with Crippen molar-refractivity contribution < 1.29 is 9.90 Å². The van der Waals surface area contributed by atoms with Crippen molar-refractivity contribution in [3.8, 4) is 0 Å². The van der Waals surface area contributed by atoms with Gasteiger partial charge in [0, 0.05) is 0 Å². The van der Waals surface area contributed by atoms with Crippen molar-refractivity contribution in [2.45, 2.75) is 77.6 Å². The van der Waals surface area contributed by atoms with Gasteiger partial charge in [-0.2, -0.15) is 0 Å². The number of carboxylic acids is 1. The number of aryl methyl sites for hydroxylation is 2. The maximum atomic E-state index is 11.3. The molecule has 0 amide bonds. The molecule has 0 atom stereocenters. The van der Waals surface area contributed by atoms with Gasteiger partial charge in [0.2, 0.25) is 0 Å². The largest absolute Gasteiger partial charge is 0.478 e. The molecule has 4 rings (SSSR count). The van der Waals surface area contributed by atoms with Crippen molar-refractivity contribution in [1.82, 2.24) is 0 Å². The SMILES string of the molecule is Cc1cc2c(cc1/C=C1\CCCc3cc(C(=O)O)ccc31)C(C)(C)CCC2(C)C. The van der Waals surface area contributed by atoms with Crippen LogP contribution in [-0.2, 0) is 17.3 Å². The maximum Gasteiger partial charge on any atom is 0.335 e. The van der Waals surface area contributed by atoms with E-state index in [1.807, 2.05) is 12.1 Å². The zero-order valence-corrected chi connectivity index (χ0v) is 18.4. The normalized spacial score (nSPS) is 20.8. The van der Waals surface area contributed by atoms with Gasteiger partial charge in [-0.1, -0.05) is 52.0 Å². The Kier molecular flexibility index (Phi) is 4.72. The van der Waals surface area contributed by atoms with Gasteiger partial charge in [0.25, 0.3) is 0 Å². The van der Waals surface area contributed by atoms with E-state index in [-0.39, 0.29) is 10.8 Å². The highest BCUT2D eigenvalue weighted by atomic mass is 16.4. The van der Waals surface area contributed by atoms with Crippen molar-refractivity contribution in [2.24, 2.45) is 0 Å². The lowest BCUT2D eigenvalue weighted by atomic mass is 9.62. The number of allylic oxidation sites excluding steroid dienone is 1. The van der Waals surface area contributed by atoms with E-state index in [9.17, 15) is 9.90 Å². The lowest BCUT2D eigenvalue weighted by Crippen LogP contribution is -2.34. The van der Waals surface area contributed by atoms with Gasteiger partial charge in [-0.15, -0.1) is 0 Å². The van der Waals surface area contributed by atoms with Gasteiger partial charge in [-0.25, -0.2) is 4.79 Å². The molecular weight excluding hydrogens is 356 g/mol. The van der Waals surface area contributed by atoms with E-state index >= 15 is 0 Å². The molecular formula is C27H32O2. The van der Waals surface area contributed by atoms with E-state index in [2.05, 4.69) is 52.8 Å². The smallest absolute Gasteiger partial charge is 0.335 e. The van der Waals surface area contributed by atoms with Crippen LogP contribution in [0.5, 0.6) is 0 Å². The molecule has 2 nitrogen and oxygen atoms in total. The monoisotopic (exact) mass is 388 g/mol. The molecule has 0 fully saturated rings. The minimum absolute atomic E-state index is 0.201. The van der Waals surface area contributed by atoms with Crippen LogP contribution in [0.4, 0.5) is 0 Å². The van der Waals surface area contributed by atoms with E-state index < -0.39 is 5.97 Å². The zero-order valence-electron chi connectivity index (χ0n) is 18.4. The summed E-state index contributed by atoms with van der Waals surface area (Å²) in [5.74, 6) is -0.848. The van der Waals surface area contributed by atoms with Crippen molar-refractivity contribution in [1.29, 1.82) is 0 Å². The summed E-state index contributed by atoms with van der Waals surface area (Å²) in [6.45, 7) is 11.7. The predicted molar refractivity (Wildman–Crippen MR) is 121 cm³/mol. The van der Waals surface area contributed by atoms with Gasteiger partial charge < -0.3 is 5.11 Å². The Morgan fingerprint density at radius 3 is 2.28 bits per heavy atom. The Balaban J connectivity index is 1.82. The van der Waals surface area contributed by atoms with E-state index in [1.54, 1.807) is 6.07 Å². The van der Waals surface area contributed by atoms with Gasteiger partial charge in [0.15, 0.2) is 0 Å². The average Bonchev–Trinajstić information content (AvgIpc) is 2.66. The predicted octanol–water partition coefficient (Wildman–Crippen LogP) is 6.92. The van der Waals surface area contributed by atoms with Crippen molar-refractivity contribution >= 4 is 17.6 Å². The second-order valence-electron chi connectivity index (χ2n) is 10.2. The molecule has 0 saturated heterocycles. The summed E-state index contributed by atoms with van der Waals surface area (Å²) in [5, 5.41) is 9.31. The molecule has 2 heteroatoms. The van der Waals surface area contributed by atoms with Crippen LogP contribution in [0, 0.1) is 6.92 Å². The summed E-state index contributed by atoms with van der Waals surface area (Å²) >= 11 is 0. The standard InChI is InChI=1S/C27H32O2/c1-17-13-23-24(27(4,5)12-11-26(23,2)3)16-21(17)15-19-8-6-7-18-14-20(25(28)29)9-10-22(18)19/h9-10,13-16H,6-8,11-12H2,1-5H3,(H,28,29)/b19-15+. The molecule has 0 radical (unpaired) electrons. The summed E-state index contributed by atoms with van der Waals surface area (Å²) in [6, 6.07) is 10.4. The number of fused-ring (bicyclic) bond motifs is 2. The quantitative estimate of drug-likeness (QED) is 0.606. The highest BCUT2D eigenvalue weighted by Gasteiger charge is 2.37. The van der Waals surface area contributed by atoms with Crippen LogP contribution in [0.2, 0.25) is 0 Å². The van der Waals surface area contributed by atoms with Gasteiger partial charge in [-0.3, -0.25) is 0 Å². The number of rotatable bonds is 2. The molecule has 29 heavy (non-hydrogen) atoms. The van der Waals surface area contributed by atoms with Crippen LogP contribution in [-0.4, -0.2) is 11.1 Å². The fraction of sp³-hybridized carbons (Fsp3) is 0.444. The van der Waals surface area contributed by atoms with Gasteiger partial charge >= 0.3 is 5.97 Å². The molecule has 0 saturated carbocycles.